The molecule has 0 unspecified atom stereocenters. The maximum Gasteiger partial charge on any atom is 0.303 e. The molecule has 4 rings (SSSR count). The molecule has 2 aliphatic rings. The highest BCUT2D eigenvalue weighted by Crippen LogP contribution is 2.41. The monoisotopic (exact) mass is 546 g/mol. The van der Waals surface area contributed by atoms with Crippen LogP contribution >= 0.6 is 11.6 Å². The average Bonchev–Trinajstić information content (AvgIpc) is 3.26. The van der Waals surface area contributed by atoms with Gasteiger partial charge in [-0.05, 0) is 42.2 Å². The third-order valence-corrected chi connectivity index (χ3v) is 7.12. The fourth-order valence-electron chi connectivity index (χ4n) is 5.18. The number of rotatable bonds is 7. The minimum Gasteiger partial charge on any atom is -0.459 e. The van der Waals surface area contributed by atoms with Gasteiger partial charge >= 0.3 is 11.9 Å². The van der Waals surface area contributed by atoms with Crippen LogP contribution in [0.2, 0.25) is 5.02 Å². The number of fused-ring (bicyclic) bond motifs is 1. The van der Waals surface area contributed by atoms with E-state index in [0.29, 0.717) is 23.7 Å². The van der Waals surface area contributed by atoms with Crippen LogP contribution in [-0.4, -0.2) is 48.0 Å². The fourth-order valence-corrected chi connectivity index (χ4v) is 5.40. The number of esters is 2. The Hall–Kier alpha value is -3.37. The van der Waals surface area contributed by atoms with E-state index >= 15 is 0 Å². The third kappa shape index (κ3) is 5.71. The first kappa shape index (κ1) is 27.7. The van der Waals surface area contributed by atoms with Gasteiger partial charge in [-0.1, -0.05) is 32.4 Å². The van der Waals surface area contributed by atoms with Crippen molar-refractivity contribution in [1.82, 2.24) is 0 Å². The van der Waals surface area contributed by atoms with E-state index in [1.165, 1.54) is 19.9 Å². The molecule has 5 atom stereocenters. The Morgan fingerprint density at radius 2 is 1.79 bits per heavy atom. The number of nitrogens with zero attached hydrogens (tertiary/aromatic N) is 2. The zero-order valence-electron chi connectivity index (χ0n) is 21.9. The van der Waals surface area contributed by atoms with Crippen molar-refractivity contribution < 1.29 is 33.5 Å². The second-order valence-corrected chi connectivity index (χ2v) is 10.3. The summed E-state index contributed by atoms with van der Waals surface area (Å²) in [5.74, 6) is -0.947. The van der Waals surface area contributed by atoms with E-state index in [-0.39, 0.29) is 23.6 Å². The van der Waals surface area contributed by atoms with Gasteiger partial charge in [-0.25, -0.2) is 0 Å². The molecule has 10 nitrogen and oxygen atoms in total. The zero-order valence-corrected chi connectivity index (χ0v) is 22.6. The Morgan fingerprint density at radius 1 is 1.11 bits per heavy atom. The van der Waals surface area contributed by atoms with Gasteiger partial charge in [-0.15, -0.1) is 0 Å². The van der Waals surface area contributed by atoms with E-state index in [1.54, 1.807) is 24.3 Å². The number of benzene rings is 2. The lowest BCUT2D eigenvalue weighted by molar-refractivity contribution is -0.384. The molecule has 0 aliphatic carbocycles. The van der Waals surface area contributed by atoms with Crippen molar-refractivity contribution in [1.29, 1.82) is 0 Å². The predicted molar refractivity (Wildman–Crippen MR) is 140 cm³/mol. The molecule has 0 bridgehead atoms. The Labute approximate surface area is 225 Å². The molecule has 2 aliphatic heterocycles. The van der Waals surface area contributed by atoms with Crippen molar-refractivity contribution >= 4 is 40.6 Å². The van der Waals surface area contributed by atoms with Gasteiger partial charge in [0.05, 0.1) is 16.0 Å². The molecule has 0 N–H and O–H groups in total. The quantitative estimate of drug-likeness (QED) is 0.262. The molecule has 204 valence electrons. The van der Waals surface area contributed by atoms with Crippen LogP contribution in [0.15, 0.2) is 36.4 Å². The smallest absolute Gasteiger partial charge is 0.303 e. The van der Waals surface area contributed by atoms with Gasteiger partial charge in [0.25, 0.3) is 5.69 Å². The largest absolute Gasteiger partial charge is 0.459 e. The van der Waals surface area contributed by atoms with Crippen LogP contribution < -0.4 is 9.64 Å². The van der Waals surface area contributed by atoms with Crippen molar-refractivity contribution in [3.05, 3.63) is 57.1 Å². The molecule has 2 heterocycles. The summed E-state index contributed by atoms with van der Waals surface area (Å²) < 4.78 is 23.5. The normalized spacial score (nSPS) is 24.6. The highest BCUT2D eigenvalue weighted by Gasteiger charge is 2.50. The Balaban J connectivity index is 1.60. The van der Waals surface area contributed by atoms with Gasteiger partial charge in [0.15, 0.2) is 0 Å². The lowest BCUT2D eigenvalue weighted by Crippen LogP contribution is -2.59. The summed E-state index contributed by atoms with van der Waals surface area (Å²) in [6.07, 6.45) is -2.51. The van der Waals surface area contributed by atoms with Crippen LogP contribution in [0.5, 0.6) is 5.75 Å². The number of carbonyl (C=O) groups is 2. The van der Waals surface area contributed by atoms with E-state index in [0.717, 1.165) is 16.9 Å². The molecule has 0 amide bonds. The SMILES string of the molecule is CC(=O)O[C@@H]1[C@@H](Oc2ccc(N3CCc4cc([N+](=O)[O-])ccc43)cc2Cl)O[C@H](C(C)C)[C@@H](C)[C@@H]1OC(C)=O. The Bertz CT molecular complexity index is 1240. The summed E-state index contributed by atoms with van der Waals surface area (Å²) in [6.45, 7) is 9.07. The molecule has 0 saturated carbocycles. The lowest BCUT2D eigenvalue weighted by atomic mass is 9.84. The van der Waals surface area contributed by atoms with E-state index in [2.05, 4.69) is 0 Å². The molecule has 0 radical (unpaired) electrons. The van der Waals surface area contributed by atoms with Crippen LogP contribution in [0.3, 0.4) is 0 Å². The van der Waals surface area contributed by atoms with Gasteiger partial charge in [-0.2, -0.15) is 0 Å². The number of ether oxygens (including phenoxy) is 4. The Kier molecular flexibility index (Phi) is 8.13. The van der Waals surface area contributed by atoms with Gasteiger partial charge in [-0.3, -0.25) is 19.7 Å². The second kappa shape index (κ2) is 11.2. The average molecular weight is 547 g/mol. The summed E-state index contributed by atoms with van der Waals surface area (Å²) in [5.41, 5.74) is 2.62. The third-order valence-electron chi connectivity index (χ3n) is 6.82. The number of anilines is 2. The van der Waals surface area contributed by atoms with Crippen molar-refractivity contribution in [2.75, 3.05) is 11.4 Å². The molecular weight excluding hydrogens is 516 g/mol. The van der Waals surface area contributed by atoms with E-state index in [4.69, 9.17) is 30.5 Å². The van der Waals surface area contributed by atoms with Crippen molar-refractivity contribution in [2.24, 2.45) is 11.8 Å². The summed E-state index contributed by atoms with van der Waals surface area (Å²) in [5, 5.41) is 11.4. The number of nitro groups is 1. The lowest BCUT2D eigenvalue weighted by Gasteiger charge is -2.45. The van der Waals surface area contributed by atoms with Gasteiger partial charge < -0.3 is 23.8 Å². The highest BCUT2D eigenvalue weighted by atomic mass is 35.5. The summed E-state index contributed by atoms with van der Waals surface area (Å²) in [6, 6.07) is 10.1. The minimum atomic E-state index is -1.07. The van der Waals surface area contributed by atoms with Crippen LogP contribution in [0.4, 0.5) is 17.1 Å². The molecule has 0 spiro atoms. The molecule has 11 heteroatoms. The minimum absolute atomic E-state index is 0.0586. The van der Waals surface area contributed by atoms with E-state index in [9.17, 15) is 19.7 Å². The van der Waals surface area contributed by atoms with Crippen LogP contribution in [-0.2, 0) is 30.2 Å². The molecule has 0 aromatic heterocycles. The number of hydrogen-bond acceptors (Lipinski definition) is 9. The molecule has 2 aromatic carbocycles. The summed E-state index contributed by atoms with van der Waals surface area (Å²) in [4.78, 5) is 36.6. The Morgan fingerprint density at radius 3 is 2.39 bits per heavy atom. The number of carbonyl (C=O) groups excluding carboxylic acids is 2. The zero-order chi connectivity index (χ0) is 27.7. The standard InChI is InChI=1S/C27H31ClN2O8/c1-14(2)24-15(3)25(35-16(4)31)26(36-17(5)32)27(38-24)37-23-9-7-19(13-21(23)28)29-11-10-18-12-20(30(33)34)6-8-22(18)29/h6-9,12-15,24-27H,10-11H2,1-5H3/t15-,24-,25+,26+,27+/m1/s1. The van der Waals surface area contributed by atoms with Crippen molar-refractivity contribution in [3.63, 3.8) is 0 Å². The second-order valence-electron chi connectivity index (χ2n) is 9.92. The molecule has 38 heavy (non-hydrogen) atoms. The van der Waals surface area contributed by atoms with E-state index < -0.39 is 35.4 Å². The molecule has 1 saturated heterocycles. The summed E-state index contributed by atoms with van der Waals surface area (Å²) in [7, 11) is 0. The number of non-ortho nitro benzene ring substituents is 1. The highest BCUT2D eigenvalue weighted by molar-refractivity contribution is 6.32. The van der Waals surface area contributed by atoms with Gasteiger partial charge in [0.1, 0.15) is 11.9 Å². The van der Waals surface area contributed by atoms with Gasteiger partial charge in [0, 0.05) is 49.8 Å². The topological polar surface area (TPSA) is 117 Å². The first-order valence-corrected chi connectivity index (χ1v) is 12.8. The molecule has 1 fully saturated rings. The van der Waals surface area contributed by atoms with Crippen LogP contribution in [0, 0.1) is 22.0 Å². The van der Waals surface area contributed by atoms with E-state index in [1.807, 2.05) is 31.7 Å². The predicted octanol–water partition coefficient (Wildman–Crippen LogP) is 5.20. The maximum atomic E-state index is 11.9. The number of hydrogen-bond donors (Lipinski definition) is 0. The number of nitro benzene ring substituents is 1. The van der Waals surface area contributed by atoms with Crippen molar-refractivity contribution in [2.45, 2.75) is 65.6 Å². The first-order valence-electron chi connectivity index (χ1n) is 12.5. The van der Waals surface area contributed by atoms with Crippen LogP contribution in [0.1, 0.15) is 40.2 Å². The molecule has 2 aromatic rings. The fraction of sp³-hybridized carbons (Fsp3) is 0.481. The maximum absolute atomic E-state index is 11.9. The van der Waals surface area contributed by atoms with Gasteiger partial charge in [0.2, 0.25) is 12.4 Å². The van der Waals surface area contributed by atoms with Crippen LogP contribution in [0.25, 0.3) is 0 Å². The molecular formula is C27H31ClN2O8. The first-order chi connectivity index (χ1) is 18.0. The number of halogens is 1. The van der Waals surface area contributed by atoms with Crippen molar-refractivity contribution in [3.8, 4) is 5.75 Å². The summed E-state index contributed by atoms with van der Waals surface area (Å²) >= 11 is 6.63.